The molecule has 166 valence electrons. The number of hydrogen-bond donors (Lipinski definition) is 1. The van der Waals surface area contributed by atoms with Gasteiger partial charge in [-0.3, -0.25) is 4.55 Å². The molecular formula is C17H17B4F3O7S. The predicted molar refractivity (Wildman–Crippen MR) is 112 cm³/mol. The van der Waals surface area contributed by atoms with Gasteiger partial charge in [0, 0.05) is 0 Å². The molecule has 1 unspecified atom stereocenters. The fourth-order valence-electron chi connectivity index (χ4n) is 3.14. The first-order valence-electron chi connectivity index (χ1n) is 9.16. The highest BCUT2D eigenvalue weighted by atomic mass is 32.2. The molecule has 1 aromatic carbocycles. The van der Waals surface area contributed by atoms with Gasteiger partial charge in [0.25, 0.3) is 10.1 Å². The van der Waals surface area contributed by atoms with E-state index in [-0.39, 0.29) is 47.8 Å². The van der Waals surface area contributed by atoms with Crippen LogP contribution in [-0.2, 0) is 44.9 Å². The minimum absolute atomic E-state index is 0.00566. The van der Waals surface area contributed by atoms with Crippen molar-refractivity contribution in [1.29, 1.82) is 0 Å². The largest absolute Gasteiger partial charge is 0.462 e. The van der Waals surface area contributed by atoms with Crippen molar-refractivity contribution in [3.63, 3.8) is 0 Å². The van der Waals surface area contributed by atoms with Crippen molar-refractivity contribution in [3.8, 4) is 0 Å². The lowest BCUT2D eigenvalue weighted by molar-refractivity contribution is -0.197. The monoisotopic (exact) mass is 466 g/mol. The van der Waals surface area contributed by atoms with E-state index >= 15 is 0 Å². The number of rotatable bonds is 10. The van der Waals surface area contributed by atoms with Crippen LogP contribution >= 0.6 is 0 Å². The van der Waals surface area contributed by atoms with Gasteiger partial charge in [-0.1, -0.05) is 36.4 Å². The zero-order valence-electron chi connectivity index (χ0n) is 17.1. The Morgan fingerprint density at radius 2 is 1.31 bits per heavy atom. The Labute approximate surface area is 189 Å². The molecule has 8 radical (unpaired) electrons. The molecule has 1 N–H and O–H groups in total. The van der Waals surface area contributed by atoms with Gasteiger partial charge in [-0.15, -0.1) is 0 Å². The molecule has 0 amide bonds. The van der Waals surface area contributed by atoms with E-state index in [1.807, 2.05) is 0 Å². The molecule has 0 aromatic heterocycles. The normalized spacial score (nSPS) is 12.9. The smallest absolute Gasteiger partial charge is 0.426 e. The van der Waals surface area contributed by atoms with E-state index in [2.05, 4.69) is 4.74 Å². The average Bonchev–Trinajstić information content (AvgIpc) is 2.69. The first-order valence-corrected chi connectivity index (χ1v) is 10.8. The van der Waals surface area contributed by atoms with Gasteiger partial charge in [-0.25, -0.2) is 9.59 Å². The molecule has 1 rings (SSSR count). The maximum Gasteiger partial charge on any atom is 0.426 e. The van der Waals surface area contributed by atoms with Gasteiger partial charge in [-0.05, 0) is 18.1 Å². The van der Waals surface area contributed by atoms with Gasteiger partial charge in [0.05, 0.1) is 49.1 Å². The summed E-state index contributed by atoms with van der Waals surface area (Å²) in [5.74, 6) is -4.79. The molecule has 0 aliphatic heterocycles. The Morgan fingerprint density at radius 1 is 0.906 bits per heavy atom. The summed E-state index contributed by atoms with van der Waals surface area (Å²) in [5.41, 5.74) is -0.909. The van der Waals surface area contributed by atoms with Gasteiger partial charge in [0.15, 0.2) is 0 Å². The quantitative estimate of drug-likeness (QED) is 0.305. The van der Waals surface area contributed by atoms with Crippen molar-refractivity contribution in [1.82, 2.24) is 0 Å². The zero-order chi connectivity index (χ0) is 24.9. The average molecular weight is 466 g/mol. The standard InChI is InChI=1S/C17H17B4F3O7S/c1-2-30-15(25)13-10(5-20)8(3-18)9(4-19)11(6-21)14(13)16(26)31-12(17(22,23)24)7-32(27,28)29/h12H,2-7H2,1H3,(H,27,28,29). The van der Waals surface area contributed by atoms with Crippen molar-refractivity contribution >= 4 is 53.4 Å². The van der Waals surface area contributed by atoms with Gasteiger partial charge < -0.3 is 9.47 Å². The summed E-state index contributed by atoms with van der Waals surface area (Å²) in [5, 5.41) is 0. The summed E-state index contributed by atoms with van der Waals surface area (Å²) in [6, 6.07) is 0. The van der Waals surface area contributed by atoms with Gasteiger partial charge in [-0.2, -0.15) is 21.6 Å². The van der Waals surface area contributed by atoms with E-state index in [0.29, 0.717) is 0 Å². The molecule has 0 fully saturated rings. The summed E-state index contributed by atoms with van der Waals surface area (Å²) in [7, 11) is 17.7. The number of alkyl halides is 3. The number of carbonyl (C=O) groups excluding carboxylic acids is 2. The lowest BCUT2D eigenvalue weighted by Crippen LogP contribution is -2.40. The number of halogens is 3. The summed E-state index contributed by atoms with van der Waals surface area (Å²) in [6.45, 7) is 1.30. The highest BCUT2D eigenvalue weighted by Crippen LogP contribution is 2.32. The molecule has 32 heavy (non-hydrogen) atoms. The predicted octanol–water partition coefficient (Wildman–Crippen LogP) is 0.513. The molecule has 1 atom stereocenters. The fourth-order valence-corrected chi connectivity index (χ4v) is 3.78. The highest BCUT2D eigenvalue weighted by molar-refractivity contribution is 7.85. The van der Waals surface area contributed by atoms with Crippen LogP contribution in [0.4, 0.5) is 13.2 Å². The lowest BCUT2D eigenvalue weighted by Gasteiger charge is -2.26. The fraction of sp³-hybridized carbons (Fsp3) is 0.529. The topological polar surface area (TPSA) is 107 Å². The highest BCUT2D eigenvalue weighted by Gasteiger charge is 2.46. The molecule has 0 aliphatic carbocycles. The Hall–Kier alpha value is -1.88. The Morgan fingerprint density at radius 3 is 1.62 bits per heavy atom. The van der Waals surface area contributed by atoms with E-state index < -0.39 is 57.5 Å². The number of carbonyl (C=O) groups is 2. The molecule has 15 heteroatoms. The third-order valence-corrected chi connectivity index (χ3v) is 5.15. The minimum Gasteiger partial charge on any atom is -0.462 e. The second-order valence-electron chi connectivity index (χ2n) is 6.39. The van der Waals surface area contributed by atoms with E-state index in [0.717, 1.165) is 0 Å². The SMILES string of the molecule is [B]Cc1c(C[B])c(C[B])c(C(=O)OC(CS(=O)(=O)O)C(F)(F)F)c(C(=O)OCC)c1C[B]. The van der Waals surface area contributed by atoms with Crippen LogP contribution in [-0.4, -0.2) is 80.9 Å². The van der Waals surface area contributed by atoms with Gasteiger partial charge in [0.1, 0.15) is 5.75 Å². The number of esters is 2. The van der Waals surface area contributed by atoms with Crippen molar-refractivity contribution in [2.45, 2.75) is 44.5 Å². The molecule has 0 saturated carbocycles. The van der Waals surface area contributed by atoms with E-state index in [1.54, 1.807) is 0 Å². The molecule has 0 bridgehead atoms. The summed E-state index contributed by atoms with van der Waals surface area (Å²) in [4.78, 5) is 25.5. The van der Waals surface area contributed by atoms with Crippen LogP contribution < -0.4 is 0 Å². The Balaban J connectivity index is 3.88. The Kier molecular flexibility index (Phi) is 9.95. The Bertz CT molecular complexity index is 968. The molecule has 1 aromatic rings. The molecular weight excluding hydrogens is 448 g/mol. The number of ether oxygens (including phenoxy) is 2. The summed E-state index contributed by atoms with van der Waals surface area (Å²) < 4.78 is 79.9. The molecule has 0 heterocycles. The van der Waals surface area contributed by atoms with Crippen molar-refractivity contribution in [2.75, 3.05) is 12.4 Å². The van der Waals surface area contributed by atoms with Crippen LogP contribution in [0.2, 0.25) is 0 Å². The maximum atomic E-state index is 13.3. The van der Waals surface area contributed by atoms with Gasteiger partial charge >= 0.3 is 18.1 Å². The van der Waals surface area contributed by atoms with Crippen molar-refractivity contribution in [2.24, 2.45) is 0 Å². The zero-order valence-corrected chi connectivity index (χ0v) is 17.9. The first-order chi connectivity index (χ1) is 14.8. The summed E-state index contributed by atoms with van der Waals surface area (Å²) >= 11 is 0. The second-order valence-corrected chi connectivity index (χ2v) is 7.88. The maximum absolute atomic E-state index is 13.3. The van der Waals surface area contributed by atoms with E-state index in [4.69, 9.17) is 40.7 Å². The molecule has 0 spiro atoms. The van der Waals surface area contributed by atoms with E-state index in [9.17, 15) is 31.2 Å². The minimum atomic E-state index is -5.36. The van der Waals surface area contributed by atoms with Crippen LogP contribution in [0.5, 0.6) is 0 Å². The first kappa shape index (κ1) is 28.2. The van der Waals surface area contributed by atoms with Crippen molar-refractivity contribution < 1.29 is 45.2 Å². The van der Waals surface area contributed by atoms with Crippen LogP contribution in [0.1, 0.15) is 49.9 Å². The summed E-state index contributed by atoms with van der Waals surface area (Å²) in [6.07, 6.45) is -9.88. The van der Waals surface area contributed by atoms with E-state index in [1.165, 1.54) is 6.92 Å². The molecule has 0 saturated heterocycles. The lowest BCUT2D eigenvalue weighted by atomic mass is 9.72. The van der Waals surface area contributed by atoms with Gasteiger partial charge in [0.2, 0.25) is 6.10 Å². The van der Waals surface area contributed by atoms with Crippen LogP contribution in [0.15, 0.2) is 0 Å². The molecule has 7 nitrogen and oxygen atoms in total. The van der Waals surface area contributed by atoms with Crippen LogP contribution in [0.25, 0.3) is 0 Å². The third kappa shape index (κ3) is 6.57. The second kappa shape index (κ2) is 11.3. The van der Waals surface area contributed by atoms with Crippen LogP contribution in [0, 0.1) is 0 Å². The van der Waals surface area contributed by atoms with Crippen LogP contribution in [0.3, 0.4) is 0 Å². The third-order valence-electron chi connectivity index (χ3n) is 4.42. The molecule has 0 aliphatic rings. The van der Waals surface area contributed by atoms with Crippen molar-refractivity contribution in [3.05, 3.63) is 33.4 Å². The number of benzene rings is 1. The number of hydrogen-bond acceptors (Lipinski definition) is 6.